The van der Waals surface area contributed by atoms with Crippen LogP contribution < -0.4 is 11.1 Å². The summed E-state index contributed by atoms with van der Waals surface area (Å²) in [6.07, 6.45) is 2.17. The lowest BCUT2D eigenvalue weighted by atomic mass is 10.1. The van der Waals surface area contributed by atoms with E-state index in [2.05, 4.69) is 45.8 Å². The molecule has 2 bridgehead atoms. The molecule has 4 aromatic rings. The van der Waals surface area contributed by atoms with Gasteiger partial charge in [-0.3, -0.25) is 4.79 Å². The van der Waals surface area contributed by atoms with Crippen molar-refractivity contribution in [2.75, 3.05) is 18.4 Å². The minimum Gasteiger partial charge on any atom is -0.382 e. The van der Waals surface area contributed by atoms with Crippen molar-refractivity contribution in [1.29, 1.82) is 0 Å². The average Bonchev–Trinajstić information content (AvgIpc) is 3.55. The fraction of sp³-hybridized carbons (Fsp3) is 0.360. The molecule has 1 saturated carbocycles. The number of hydrogen-bond acceptors (Lipinski definition) is 4. The van der Waals surface area contributed by atoms with Crippen molar-refractivity contribution in [3.63, 3.8) is 0 Å². The summed E-state index contributed by atoms with van der Waals surface area (Å²) in [5.74, 6) is 1.46. The molecular weight excluding hydrogens is 400 g/mol. The van der Waals surface area contributed by atoms with Gasteiger partial charge in [-0.2, -0.15) is 0 Å². The number of piperidine rings is 1. The number of nitrogens with one attached hydrogen (secondary N) is 1. The Hall–Kier alpha value is -3.32. The van der Waals surface area contributed by atoms with Gasteiger partial charge >= 0.3 is 0 Å². The Balaban J connectivity index is 1.31. The second kappa shape index (κ2) is 6.36. The number of aromatic nitrogens is 3. The van der Waals surface area contributed by atoms with Crippen LogP contribution in [0.15, 0.2) is 42.5 Å². The van der Waals surface area contributed by atoms with Crippen LogP contribution in [-0.2, 0) is 13.6 Å². The first-order valence-electron chi connectivity index (χ1n) is 11.5. The van der Waals surface area contributed by atoms with Gasteiger partial charge in [0.05, 0.1) is 27.9 Å². The molecule has 4 heterocycles. The van der Waals surface area contributed by atoms with Crippen LogP contribution in [-0.4, -0.2) is 50.1 Å². The molecule has 2 aromatic heterocycles. The molecule has 2 fully saturated rings. The summed E-state index contributed by atoms with van der Waals surface area (Å²) in [5.41, 5.74) is 12.4. The van der Waals surface area contributed by atoms with Gasteiger partial charge < -0.3 is 25.1 Å². The second-order valence-electron chi connectivity index (χ2n) is 9.49. The molecule has 7 rings (SSSR count). The van der Waals surface area contributed by atoms with Gasteiger partial charge in [-0.15, -0.1) is 0 Å². The number of imidazole rings is 1. The summed E-state index contributed by atoms with van der Waals surface area (Å²) in [6, 6.07) is 14.8. The van der Waals surface area contributed by atoms with Crippen molar-refractivity contribution in [2.45, 2.75) is 31.5 Å². The zero-order chi connectivity index (χ0) is 21.6. The highest BCUT2D eigenvalue weighted by atomic mass is 16.2. The first-order chi connectivity index (χ1) is 15.6. The van der Waals surface area contributed by atoms with E-state index < -0.39 is 0 Å². The summed E-state index contributed by atoms with van der Waals surface area (Å²) in [7, 11) is 2.05. The Kier molecular flexibility index (Phi) is 3.63. The monoisotopic (exact) mass is 426 g/mol. The smallest absolute Gasteiger partial charge is 0.254 e. The third-order valence-corrected chi connectivity index (χ3v) is 7.84. The maximum absolute atomic E-state index is 13.3. The highest BCUT2D eigenvalue weighted by Gasteiger charge is 2.46. The van der Waals surface area contributed by atoms with Gasteiger partial charge in [0.25, 0.3) is 5.91 Å². The van der Waals surface area contributed by atoms with E-state index in [0.29, 0.717) is 11.5 Å². The number of amides is 1. The first-order valence-corrected chi connectivity index (χ1v) is 11.5. The standard InChI is InChI=1S/C25H26N6O/c1-29-19-7-5-15(25(32)31-13-16-6-8-20(31)22(16)26)11-18(19)28-24(29)21-12-14-3-2-4-17-23(14)30(21)10-9-27-17/h2-5,7,11-12,16,20,22,27H,6,8-10,13,26H2,1H3/t16-,20-,22-/m1/s1. The van der Waals surface area contributed by atoms with Crippen LogP contribution >= 0.6 is 0 Å². The van der Waals surface area contributed by atoms with Crippen molar-refractivity contribution in [1.82, 2.24) is 19.0 Å². The largest absolute Gasteiger partial charge is 0.382 e. The maximum atomic E-state index is 13.3. The number of carbonyl (C=O) groups is 1. The summed E-state index contributed by atoms with van der Waals surface area (Å²) < 4.78 is 4.49. The van der Waals surface area contributed by atoms with Gasteiger partial charge in [-0.25, -0.2) is 4.98 Å². The number of benzene rings is 2. The van der Waals surface area contributed by atoms with Crippen LogP contribution in [0.25, 0.3) is 33.5 Å². The summed E-state index contributed by atoms with van der Waals surface area (Å²) in [5, 5.41) is 4.71. The van der Waals surface area contributed by atoms with Crippen LogP contribution in [0.5, 0.6) is 0 Å². The van der Waals surface area contributed by atoms with E-state index >= 15 is 0 Å². The van der Waals surface area contributed by atoms with Gasteiger partial charge in [0, 0.05) is 49.7 Å². The fourth-order valence-corrected chi connectivity index (χ4v) is 6.20. The number of aryl methyl sites for hydroxylation is 1. The zero-order valence-corrected chi connectivity index (χ0v) is 18.1. The molecule has 3 aliphatic rings. The topological polar surface area (TPSA) is 81.1 Å². The number of fused-ring (bicyclic) bond motifs is 3. The van der Waals surface area contributed by atoms with E-state index in [-0.39, 0.29) is 18.0 Å². The van der Waals surface area contributed by atoms with E-state index in [1.54, 1.807) is 0 Å². The molecule has 1 amide bonds. The summed E-state index contributed by atoms with van der Waals surface area (Å²) in [6.45, 7) is 2.59. The van der Waals surface area contributed by atoms with Gasteiger partial charge in [-0.05, 0) is 49.1 Å². The molecule has 1 saturated heterocycles. The first kappa shape index (κ1) is 18.3. The minimum absolute atomic E-state index is 0.0842. The Morgan fingerprint density at radius 1 is 1.19 bits per heavy atom. The Bertz CT molecular complexity index is 1420. The van der Waals surface area contributed by atoms with Crippen molar-refractivity contribution in [2.24, 2.45) is 18.7 Å². The highest BCUT2D eigenvalue weighted by molar-refractivity contribution is 5.99. The van der Waals surface area contributed by atoms with Gasteiger partial charge in [0.15, 0.2) is 5.82 Å². The number of carbonyl (C=O) groups excluding carboxylic acids is 1. The lowest BCUT2D eigenvalue weighted by Gasteiger charge is -2.27. The van der Waals surface area contributed by atoms with Crippen LogP contribution in [0.3, 0.4) is 0 Å². The third-order valence-electron chi connectivity index (χ3n) is 7.84. The minimum atomic E-state index is 0.0842. The molecule has 7 heteroatoms. The lowest BCUT2D eigenvalue weighted by molar-refractivity contribution is 0.0701. The van der Waals surface area contributed by atoms with Crippen LogP contribution in [0.1, 0.15) is 23.2 Å². The quantitative estimate of drug-likeness (QED) is 0.516. The van der Waals surface area contributed by atoms with Crippen LogP contribution in [0.4, 0.5) is 5.69 Å². The number of para-hydroxylation sites is 1. The van der Waals surface area contributed by atoms with Crippen molar-refractivity contribution < 1.29 is 4.79 Å². The molecule has 1 aliphatic carbocycles. The van der Waals surface area contributed by atoms with Crippen LogP contribution in [0, 0.1) is 5.92 Å². The molecule has 0 radical (unpaired) electrons. The van der Waals surface area contributed by atoms with E-state index in [0.717, 1.165) is 55.0 Å². The van der Waals surface area contributed by atoms with Crippen LogP contribution in [0.2, 0.25) is 0 Å². The number of anilines is 1. The number of nitrogens with zero attached hydrogens (tertiary/aromatic N) is 4. The van der Waals surface area contributed by atoms with E-state index in [1.165, 1.54) is 16.6 Å². The normalized spacial score (nSPS) is 23.9. The average molecular weight is 427 g/mol. The van der Waals surface area contributed by atoms with E-state index in [4.69, 9.17) is 10.7 Å². The second-order valence-corrected chi connectivity index (χ2v) is 9.49. The molecule has 7 nitrogen and oxygen atoms in total. The van der Waals surface area contributed by atoms with Gasteiger partial charge in [-0.1, -0.05) is 12.1 Å². The molecule has 32 heavy (non-hydrogen) atoms. The fourth-order valence-electron chi connectivity index (χ4n) is 6.20. The SMILES string of the molecule is Cn1c(-c2cc3cccc4c3n2CCN4)nc2cc(C(=O)N3C[C@H]4CC[C@@H]3[C@@H]4N)ccc21. The Morgan fingerprint density at radius 2 is 2.09 bits per heavy atom. The Morgan fingerprint density at radius 3 is 2.91 bits per heavy atom. The number of nitrogens with two attached hydrogens (primary N) is 1. The molecule has 3 atom stereocenters. The van der Waals surface area contributed by atoms with Crippen molar-refractivity contribution >= 4 is 33.5 Å². The van der Waals surface area contributed by atoms with Gasteiger partial charge in [0.1, 0.15) is 0 Å². The maximum Gasteiger partial charge on any atom is 0.254 e. The zero-order valence-electron chi connectivity index (χ0n) is 18.1. The lowest BCUT2D eigenvalue weighted by Crippen LogP contribution is -2.41. The number of hydrogen-bond donors (Lipinski definition) is 2. The summed E-state index contributed by atoms with van der Waals surface area (Å²) >= 11 is 0. The van der Waals surface area contributed by atoms with E-state index in [1.807, 2.05) is 23.1 Å². The summed E-state index contributed by atoms with van der Waals surface area (Å²) in [4.78, 5) is 20.3. The molecule has 2 aliphatic heterocycles. The number of likely N-dealkylation sites (tertiary alicyclic amines) is 1. The number of rotatable bonds is 2. The highest BCUT2D eigenvalue weighted by Crippen LogP contribution is 2.38. The third kappa shape index (κ3) is 2.34. The van der Waals surface area contributed by atoms with E-state index in [9.17, 15) is 4.79 Å². The predicted octanol–water partition coefficient (Wildman–Crippen LogP) is 3.18. The molecule has 2 aromatic carbocycles. The Labute approximate surface area is 185 Å². The van der Waals surface area contributed by atoms with Crippen molar-refractivity contribution in [3.05, 3.63) is 48.0 Å². The molecule has 0 unspecified atom stereocenters. The molecule has 3 N–H and O–H groups in total. The predicted molar refractivity (Wildman–Crippen MR) is 126 cm³/mol. The molecule has 162 valence electrons. The van der Waals surface area contributed by atoms with Gasteiger partial charge in [0.2, 0.25) is 0 Å². The molecular formula is C25H26N6O. The van der Waals surface area contributed by atoms with Crippen molar-refractivity contribution in [3.8, 4) is 11.5 Å². The molecule has 0 spiro atoms.